The highest BCUT2D eigenvalue weighted by molar-refractivity contribution is 9.10. The van der Waals surface area contributed by atoms with E-state index in [1.165, 1.54) is 10.4 Å². The van der Waals surface area contributed by atoms with Gasteiger partial charge in [0.15, 0.2) is 11.5 Å². The number of benzene rings is 1. The summed E-state index contributed by atoms with van der Waals surface area (Å²) in [6, 6.07) is 2.72. The maximum Gasteiger partial charge on any atom is 0.244 e. The Bertz CT molecular complexity index is 762. The van der Waals surface area contributed by atoms with E-state index < -0.39 is 10.0 Å². The number of carbonyl (C=O) groups is 1. The van der Waals surface area contributed by atoms with E-state index in [1.807, 2.05) is 0 Å². The topological polar surface area (TPSA) is 72.9 Å². The van der Waals surface area contributed by atoms with E-state index in [9.17, 15) is 13.2 Å². The normalized spacial score (nSPS) is 27.3. The third-order valence-corrected chi connectivity index (χ3v) is 7.60. The quantitative estimate of drug-likeness (QED) is 0.758. The van der Waals surface area contributed by atoms with E-state index in [2.05, 4.69) is 15.9 Å². The fourth-order valence-electron chi connectivity index (χ4n) is 3.68. The van der Waals surface area contributed by atoms with Crippen LogP contribution in [0.2, 0.25) is 0 Å². The van der Waals surface area contributed by atoms with Crippen LogP contribution >= 0.6 is 15.9 Å². The van der Waals surface area contributed by atoms with Crippen molar-refractivity contribution in [3.05, 3.63) is 16.6 Å². The van der Waals surface area contributed by atoms with Gasteiger partial charge in [0, 0.05) is 35.5 Å². The Kier molecular flexibility index (Phi) is 3.66. The van der Waals surface area contributed by atoms with Crippen LogP contribution in [0.15, 0.2) is 21.5 Å². The number of Topliss-reactive ketones (excluding diaryl/α,β-unsaturated/α-hetero) is 1. The number of ether oxygens (including phenoxy) is 2. The lowest BCUT2D eigenvalue weighted by Crippen LogP contribution is -2.46. The molecule has 0 N–H and O–H groups in total. The Morgan fingerprint density at radius 2 is 1.61 bits per heavy atom. The zero-order valence-electron chi connectivity index (χ0n) is 12.3. The first kappa shape index (κ1) is 15.4. The van der Waals surface area contributed by atoms with Crippen molar-refractivity contribution in [1.29, 1.82) is 0 Å². The van der Waals surface area contributed by atoms with Gasteiger partial charge in [-0.2, -0.15) is 4.31 Å². The van der Waals surface area contributed by atoms with Crippen LogP contribution in [0, 0.1) is 0 Å². The average Bonchev–Trinajstić information content (AvgIpc) is 2.79. The van der Waals surface area contributed by atoms with Gasteiger partial charge in [0.1, 0.15) is 23.9 Å². The summed E-state index contributed by atoms with van der Waals surface area (Å²) in [5, 5.41) is 0. The third kappa shape index (κ3) is 2.47. The Hall–Kier alpha value is -1.12. The van der Waals surface area contributed by atoms with E-state index in [4.69, 9.17) is 9.47 Å². The maximum atomic E-state index is 13.1. The van der Waals surface area contributed by atoms with Crippen molar-refractivity contribution in [2.75, 3.05) is 13.2 Å². The second-order valence-electron chi connectivity index (χ2n) is 6.09. The molecule has 3 heterocycles. The van der Waals surface area contributed by atoms with Crippen LogP contribution in [0.4, 0.5) is 0 Å². The second-order valence-corrected chi connectivity index (χ2v) is 8.76. The Morgan fingerprint density at radius 1 is 1.04 bits per heavy atom. The number of piperidine rings is 1. The fraction of sp³-hybridized carbons (Fsp3) is 0.533. The minimum atomic E-state index is -3.69. The van der Waals surface area contributed by atoms with E-state index in [0.717, 1.165) is 12.8 Å². The zero-order chi connectivity index (χ0) is 16.2. The lowest BCUT2D eigenvalue weighted by molar-refractivity contribution is -0.122. The van der Waals surface area contributed by atoms with Gasteiger partial charge in [0.05, 0.1) is 0 Å². The molecular formula is C15H16BrNO5S. The molecule has 0 aliphatic carbocycles. The Balaban J connectivity index is 1.76. The monoisotopic (exact) mass is 401 g/mol. The minimum Gasteiger partial charge on any atom is -0.486 e. The molecule has 0 radical (unpaired) electrons. The zero-order valence-corrected chi connectivity index (χ0v) is 14.7. The van der Waals surface area contributed by atoms with Crippen LogP contribution < -0.4 is 9.47 Å². The number of ketones is 1. The Labute approximate surface area is 142 Å². The van der Waals surface area contributed by atoms with Crippen LogP contribution in [0.1, 0.15) is 25.7 Å². The van der Waals surface area contributed by atoms with Crippen LogP contribution in [-0.2, 0) is 14.8 Å². The van der Waals surface area contributed by atoms with E-state index in [-0.39, 0.29) is 22.8 Å². The van der Waals surface area contributed by atoms with Crippen molar-refractivity contribution in [3.8, 4) is 11.5 Å². The molecule has 8 heteroatoms. The van der Waals surface area contributed by atoms with Gasteiger partial charge in [-0.3, -0.25) is 4.79 Å². The molecule has 1 aromatic rings. The second kappa shape index (κ2) is 5.46. The summed E-state index contributed by atoms with van der Waals surface area (Å²) in [5.74, 6) is 1.14. The van der Waals surface area contributed by atoms with Crippen molar-refractivity contribution in [2.24, 2.45) is 0 Å². The van der Waals surface area contributed by atoms with Crippen LogP contribution in [0.3, 0.4) is 0 Å². The van der Waals surface area contributed by atoms with Crippen LogP contribution in [-0.4, -0.2) is 43.8 Å². The minimum absolute atomic E-state index is 0.158. The lowest BCUT2D eigenvalue weighted by atomic mass is 10.0. The average molecular weight is 402 g/mol. The molecule has 0 amide bonds. The molecule has 124 valence electrons. The molecule has 1 aromatic carbocycles. The molecular weight excluding hydrogens is 386 g/mol. The van der Waals surface area contributed by atoms with Crippen LogP contribution in [0.25, 0.3) is 0 Å². The summed E-state index contributed by atoms with van der Waals surface area (Å²) in [6.07, 6.45) is 2.13. The highest BCUT2D eigenvalue weighted by atomic mass is 79.9. The lowest BCUT2D eigenvalue weighted by Gasteiger charge is -2.33. The summed E-state index contributed by atoms with van der Waals surface area (Å²) in [6.45, 7) is 0.849. The van der Waals surface area contributed by atoms with Gasteiger partial charge in [-0.05, 0) is 34.8 Å². The van der Waals surface area contributed by atoms with Gasteiger partial charge >= 0.3 is 0 Å². The molecule has 2 atom stereocenters. The van der Waals surface area contributed by atoms with Gasteiger partial charge in [0.25, 0.3) is 0 Å². The summed E-state index contributed by atoms with van der Waals surface area (Å²) in [5.41, 5.74) is 0. The summed E-state index contributed by atoms with van der Waals surface area (Å²) in [4.78, 5) is 11.9. The van der Waals surface area contributed by atoms with Gasteiger partial charge in [0.2, 0.25) is 10.0 Å². The van der Waals surface area contributed by atoms with Crippen molar-refractivity contribution in [2.45, 2.75) is 42.7 Å². The molecule has 0 saturated carbocycles. The molecule has 3 aliphatic rings. The van der Waals surface area contributed by atoms with Crippen molar-refractivity contribution in [1.82, 2.24) is 4.31 Å². The number of hydrogen-bond donors (Lipinski definition) is 0. The first-order chi connectivity index (χ1) is 11.0. The van der Waals surface area contributed by atoms with E-state index in [0.29, 0.717) is 42.0 Å². The molecule has 0 aromatic heterocycles. The van der Waals surface area contributed by atoms with Crippen molar-refractivity contribution < 1.29 is 22.7 Å². The van der Waals surface area contributed by atoms with Crippen molar-refractivity contribution in [3.63, 3.8) is 0 Å². The number of rotatable bonds is 2. The van der Waals surface area contributed by atoms with Gasteiger partial charge in [-0.15, -0.1) is 0 Å². The first-order valence-electron chi connectivity index (χ1n) is 7.61. The predicted molar refractivity (Wildman–Crippen MR) is 85.2 cm³/mol. The number of hydrogen-bond acceptors (Lipinski definition) is 5. The number of halogens is 1. The molecule has 0 unspecified atom stereocenters. The number of fused-ring (bicyclic) bond motifs is 3. The summed E-state index contributed by atoms with van der Waals surface area (Å²) in [7, 11) is -3.69. The smallest absolute Gasteiger partial charge is 0.244 e. The van der Waals surface area contributed by atoms with E-state index in [1.54, 1.807) is 6.07 Å². The highest BCUT2D eigenvalue weighted by Crippen LogP contribution is 2.43. The largest absolute Gasteiger partial charge is 0.486 e. The fourth-order valence-corrected chi connectivity index (χ4v) is 6.55. The standard InChI is InChI=1S/C15H16BrNO5S/c16-12-7-13-14(22-4-3-21-13)8-15(12)23(19,20)17-9-1-2-10(17)6-11(18)5-9/h7-10H,1-6H2/t9-,10+. The SMILES string of the molecule is O=C1C[C@H]2CC[C@@H](C1)N2S(=O)(=O)c1cc2c(cc1Br)OCCO2. The summed E-state index contributed by atoms with van der Waals surface area (Å²) >= 11 is 3.34. The maximum absolute atomic E-state index is 13.1. The van der Waals surface area contributed by atoms with Crippen molar-refractivity contribution >= 4 is 31.7 Å². The number of carbonyl (C=O) groups excluding carboxylic acids is 1. The van der Waals surface area contributed by atoms with Gasteiger partial charge < -0.3 is 9.47 Å². The van der Waals surface area contributed by atoms with E-state index >= 15 is 0 Å². The molecule has 3 aliphatic heterocycles. The first-order valence-corrected chi connectivity index (χ1v) is 9.84. The van der Waals surface area contributed by atoms with Crippen LogP contribution in [0.5, 0.6) is 11.5 Å². The predicted octanol–water partition coefficient (Wildman–Crippen LogP) is 2.10. The Morgan fingerprint density at radius 3 is 2.22 bits per heavy atom. The third-order valence-electron chi connectivity index (χ3n) is 4.63. The highest BCUT2D eigenvalue weighted by Gasteiger charge is 2.47. The van der Waals surface area contributed by atoms with Gasteiger partial charge in [-0.25, -0.2) is 8.42 Å². The number of nitrogens with zero attached hydrogens (tertiary/aromatic N) is 1. The molecule has 2 fully saturated rings. The molecule has 23 heavy (non-hydrogen) atoms. The molecule has 2 bridgehead atoms. The van der Waals surface area contributed by atoms with Gasteiger partial charge in [-0.1, -0.05) is 0 Å². The molecule has 6 nitrogen and oxygen atoms in total. The molecule has 4 rings (SSSR count). The number of sulfonamides is 1. The molecule has 0 spiro atoms. The summed E-state index contributed by atoms with van der Waals surface area (Å²) < 4.78 is 39.3. The molecule has 2 saturated heterocycles.